The molecule has 2 heterocycles. The third-order valence-electron chi connectivity index (χ3n) is 5.51. The zero-order chi connectivity index (χ0) is 25.9. The second-order valence-electron chi connectivity index (χ2n) is 8.06. The molecule has 1 fully saturated rings. The van der Waals surface area contributed by atoms with Gasteiger partial charge in [0.1, 0.15) is 11.5 Å². The number of aliphatic imine (C=N–C) groups is 1. The summed E-state index contributed by atoms with van der Waals surface area (Å²) >= 11 is 13.4. The van der Waals surface area contributed by atoms with Gasteiger partial charge in [-0.05, 0) is 71.9 Å². The lowest BCUT2D eigenvalue weighted by Crippen LogP contribution is -2.28. The van der Waals surface area contributed by atoms with Crippen molar-refractivity contribution >= 4 is 63.8 Å². The van der Waals surface area contributed by atoms with Crippen molar-refractivity contribution in [1.82, 2.24) is 4.90 Å². The molecule has 9 heteroatoms. The second-order valence-corrected chi connectivity index (χ2v) is 9.89. The van der Waals surface area contributed by atoms with Crippen LogP contribution in [0.4, 0.5) is 5.69 Å². The molecule has 1 aliphatic heterocycles. The first-order chi connectivity index (χ1) is 17.9. The van der Waals surface area contributed by atoms with Gasteiger partial charge in [0.15, 0.2) is 5.17 Å². The van der Waals surface area contributed by atoms with Gasteiger partial charge in [-0.3, -0.25) is 9.69 Å². The zero-order valence-electron chi connectivity index (χ0n) is 19.1. The van der Waals surface area contributed by atoms with Crippen molar-refractivity contribution in [2.45, 2.75) is 6.54 Å². The van der Waals surface area contributed by atoms with Gasteiger partial charge in [0.2, 0.25) is 0 Å². The maximum absolute atomic E-state index is 13.4. The summed E-state index contributed by atoms with van der Waals surface area (Å²) in [5, 5.41) is 10.6. The van der Waals surface area contributed by atoms with Crippen LogP contribution in [0, 0.1) is 0 Å². The molecule has 37 heavy (non-hydrogen) atoms. The van der Waals surface area contributed by atoms with E-state index in [4.69, 9.17) is 32.7 Å². The van der Waals surface area contributed by atoms with E-state index in [9.17, 15) is 9.59 Å². The molecule has 0 spiro atoms. The Labute approximate surface area is 226 Å². The molecule has 5 rings (SSSR count). The quantitative estimate of drug-likeness (QED) is 0.249. The number of aromatic carboxylic acids is 1. The Morgan fingerprint density at radius 3 is 2.43 bits per heavy atom. The smallest absolute Gasteiger partial charge is 0.335 e. The highest BCUT2D eigenvalue weighted by Crippen LogP contribution is 2.36. The lowest BCUT2D eigenvalue weighted by molar-refractivity contribution is -0.122. The number of furan rings is 1. The van der Waals surface area contributed by atoms with Crippen LogP contribution in [0.5, 0.6) is 0 Å². The summed E-state index contributed by atoms with van der Waals surface area (Å²) in [5.74, 6) is -0.137. The SMILES string of the molecule is O=C(O)c1ccc(CN2C(=O)/C(=C\c3ccc(-c4ccc(Cl)c(Cl)c4)o3)SC2=Nc2ccccc2)cc1. The van der Waals surface area contributed by atoms with Crippen molar-refractivity contribution in [3.63, 3.8) is 0 Å². The fraction of sp³-hybridized carbons (Fsp3) is 0.0357. The predicted octanol–water partition coefficient (Wildman–Crippen LogP) is 7.76. The van der Waals surface area contributed by atoms with Gasteiger partial charge in [-0.2, -0.15) is 0 Å². The number of benzene rings is 3. The summed E-state index contributed by atoms with van der Waals surface area (Å²) in [6, 6.07) is 24.6. The molecule has 1 aromatic heterocycles. The molecule has 0 bridgehead atoms. The summed E-state index contributed by atoms with van der Waals surface area (Å²) < 4.78 is 5.96. The highest BCUT2D eigenvalue weighted by atomic mass is 35.5. The van der Waals surface area contributed by atoms with E-state index in [1.165, 1.54) is 23.9 Å². The average Bonchev–Trinajstić information content (AvgIpc) is 3.47. The number of hydrogen-bond acceptors (Lipinski definition) is 5. The van der Waals surface area contributed by atoms with Crippen molar-refractivity contribution in [2.24, 2.45) is 4.99 Å². The Balaban J connectivity index is 1.45. The number of hydrogen-bond donors (Lipinski definition) is 1. The summed E-state index contributed by atoms with van der Waals surface area (Å²) in [6.45, 7) is 0.238. The molecule has 1 N–H and O–H groups in total. The zero-order valence-corrected chi connectivity index (χ0v) is 21.4. The maximum atomic E-state index is 13.4. The number of carboxylic acid groups (broad SMARTS) is 1. The normalized spacial score (nSPS) is 15.6. The number of carboxylic acids is 1. The Kier molecular flexibility index (Phi) is 7.19. The van der Waals surface area contributed by atoms with Gasteiger partial charge < -0.3 is 9.52 Å². The Bertz CT molecular complexity index is 1550. The van der Waals surface area contributed by atoms with Gasteiger partial charge >= 0.3 is 5.97 Å². The summed E-state index contributed by atoms with van der Waals surface area (Å²) in [4.78, 5) is 31.3. The van der Waals surface area contributed by atoms with Crippen molar-refractivity contribution in [1.29, 1.82) is 0 Å². The third kappa shape index (κ3) is 5.64. The van der Waals surface area contributed by atoms with E-state index in [-0.39, 0.29) is 18.0 Å². The van der Waals surface area contributed by atoms with Crippen LogP contribution < -0.4 is 0 Å². The number of carbonyl (C=O) groups is 2. The molecule has 0 aliphatic carbocycles. The predicted molar refractivity (Wildman–Crippen MR) is 147 cm³/mol. The fourth-order valence-corrected chi connectivity index (χ4v) is 4.92. The fourth-order valence-electron chi connectivity index (χ4n) is 3.64. The molecule has 184 valence electrons. The van der Waals surface area contributed by atoms with E-state index < -0.39 is 5.97 Å². The molecule has 3 aromatic carbocycles. The van der Waals surface area contributed by atoms with Crippen molar-refractivity contribution in [3.05, 3.63) is 117 Å². The highest BCUT2D eigenvalue weighted by Gasteiger charge is 2.34. The van der Waals surface area contributed by atoms with Crippen LogP contribution in [0.25, 0.3) is 17.4 Å². The summed E-state index contributed by atoms with van der Waals surface area (Å²) in [7, 11) is 0. The van der Waals surface area contributed by atoms with Crippen LogP contribution in [-0.4, -0.2) is 27.1 Å². The number of amides is 1. The molecular formula is C28H18Cl2N2O4S. The third-order valence-corrected chi connectivity index (χ3v) is 7.26. The molecule has 0 atom stereocenters. The topological polar surface area (TPSA) is 83.1 Å². The standard InChI is InChI=1S/C28H18Cl2N2O4S/c29-22-12-10-19(14-23(22)30)24-13-11-21(36-24)15-25-26(33)32(16-17-6-8-18(9-7-17)27(34)35)28(37-25)31-20-4-2-1-3-5-20/h1-15H,16H2,(H,34,35)/b25-15+,31-28?. The van der Waals surface area contributed by atoms with Crippen LogP contribution in [0.3, 0.4) is 0 Å². The van der Waals surface area contributed by atoms with Crippen LogP contribution in [0.15, 0.2) is 99.2 Å². The molecule has 0 unspecified atom stereocenters. The molecule has 0 radical (unpaired) electrons. The maximum Gasteiger partial charge on any atom is 0.335 e. The highest BCUT2D eigenvalue weighted by molar-refractivity contribution is 8.18. The molecular weight excluding hydrogens is 531 g/mol. The van der Waals surface area contributed by atoms with Gasteiger partial charge in [-0.15, -0.1) is 0 Å². The van der Waals surface area contributed by atoms with E-state index in [0.717, 1.165) is 11.1 Å². The van der Waals surface area contributed by atoms with Gasteiger partial charge in [0.25, 0.3) is 5.91 Å². The Morgan fingerprint density at radius 1 is 0.973 bits per heavy atom. The minimum atomic E-state index is -1.01. The number of carbonyl (C=O) groups excluding carboxylic acids is 1. The van der Waals surface area contributed by atoms with Gasteiger partial charge in [-0.25, -0.2) is 9.79 Å². The van der Waals surface area contributed by atoms with Crippen molar-refractivity contribution in [2.75, 3.05) is 0 Å². The van der Waals surface area contributed by atoms with Crippen LogP contribution in [-0.2, 0) is 11.3 Å². The molecule has 1 saturated heterocycles. The van der Waals surface area contributed by atoms with Gasteiger partial charge in [0, 0.05) is 11.6 Å². The van der Waals surface area contributed by atoms with E-state index in [2.05, 4.69) is 4.99 Å². The van der Waals surface area contributed by atoms with E-state index >= 15 is 0 Å². The summed E-state index contributed by atoms with van der Waals surface area (Å²) in [6.07, 6.45) is 1.68. The molecule has 6 nitrogen and oxygen atoms in total. The number of thioether (sulfide) groups is 1. The average molecular weight is 549 g/mol. The minimum absolute atomic E-state index is 0.181. The Hall–Kier alpha value is -3.78. The lowest BCUT2D eigenvalue weighted by atomic mass is 10.1. The number of amidine groups is 1. The van der Waals surface area contributed by atoms with Crippen LogP contribution >= 0.6 is 35.0 Å². The minimum Gasteiger partial charge on any atom is -0.478 e. The monoisotopic (exact) mass is 548 g/mol. The molecule has 0 saturated carbocycles. The van der Waals surface area contributed by atoms with Crippen molar-refractivity contribution in [3.8, 4) is 11.3 Å². The second kappa shape index (κ2) is 10.7. The summed E-state index contributed by atoms with van der Waals surface area (Å²) in [5.41, 5.74) is 2.44. The number of nitrogens with zero attached hydrogens (tertiary/aromatic N) is 2. The van der Waals surface area contributed by atoms with E-state index in [0.29, 0.717) is 37.3 Å². The number of para-hydroxylation sites is 1. The van der Waals surface area contributed by atoms with E-state index in [1.54, 1.807) is 53.4 Å². The first-order valence-corrected chi connectivity index (χ1v) is 12.7. The molecule has 1 amide bonds. The first-order valence-electron chi connectivity index (χ1n) is 11.1. The number of halogens is 2. The van der Waals surface area contributed by atoms with Crippen LogP contribution in [0.2, 0.25) is 10.0 Å². The van der Waals surface area contributed by atoms with Gasteiger partial charge in [-0.1, -0.05) is 53.5 Å². The lowest BCUT2D eigenvalue weighted by Gasteiger charge is -2.16. The molecule has 1 aliphatic rings. The van der Waals surface area contributed by atoms with Crippen LogP contribution in [0.1, 0.15) is 21.7 Å². The first kappa shape index (κ1) is 24.9. The largest absolute Gasteiger partial charge is 0.478 e. The Morgan fingerprint density at radius 2 is 1.73 bits per heavy atom. The van der Waals surface area contributed by atoms with Gasteiger partial charge in [0.05, 0.1) is 32.7 Å². The molecule has 4 aromatic rings. The van der Waals surface area contributed by atoms with Crippen molar-refractivity contribution < 1.29 is 19.1 Å². The number of rotatable bonds is 6. The van der Waals surface area contributed by atoms with E-state index in [1.807, 2.05) is 30.3 Å².